The van der Waals surface area contributed by atoms with E-state index in [9.17, 15) is 14.0 Å². The smallest absolute Gasteiger partial charge is 0.243 e. The van der Waals surface area contributed by atoms with Crippen molar-refractivity contribution in [3.05, 3.63) is 35.6 Å². The van der Waals surface area contributed by atoms with Crippen LogP contribution in [0.25, 0.3) is 0 Å². The van der Waals surface area contributed by atoms with Gasteiger partial charge in [-0.05, 0) is 43.5 Å². The molecule has 4 unspecified atom stereocenters. The van der Waals surface area contributed by atoms with E-state index in [1.807, 2.05) is 0 Å². The molecule has 0 radical (unpaired) electrons. The summed E-state index contributed by atoms with van der Waals surface area (Å²) in [7, 11) is 0. The Bertz CT molecular complexity index is 649. The van der Waals surface area contributed by atoms with Crippen LogP contribution < -0.4 is 16.0 Å². The molecule has 26 heavy (non-hydrogen) atoms. The lowest BCUT2D eigenvalue weighted by molar-refractivity contribution is -0.129. The number of thioether (sulfide) groups is 1. The van der Waals surface area contributed by atoms with E-state index in [4.69, 9.17) is 0 Å². The van der Waals surface area contributed by atoms with Crippen LogP contribution in [0.5, 0.6) is 0 Å². The molecule has 3 N–H and O–H groups in total. The second-order valence-electron chi connectivity index (χ2n) is 6.76. The third kappa shape index (κ3) is 5.11. The molecule has 2 saturated heterocycles. The van der Waals surface area contributed by atoms with Crippen molar-refractivity contribution in [2.75, 3.05) is 18.8 Å². The molecule has 1 aromatic rings. The molecule has 0 aromatic heterocycles. The van der Waals surface area contributed by atoms with Crippen LogP contribution in [0.1, 0.15) is 18.9 Å². The summed E-state index contributed by atoms with van der Waals surface area (Å²) in [5, 5.41) is 8.81. The molecule has 0 spiro atoms. The molecule has 5 nitrogen and oxygen atoms in total. The summed E-state index contributed by atoms with van der Waals surface area (Å²) in [5.74, 6) is 0.270. The van der Waals surface area contributed by atoms with Gasteiger partial charge in [-0.15, -0.1) is 24.2 Å². The van der Waals surface area contributed by atoms with Gasteiger partial charge in [0.25, 0.3) is 0 Å². The minimum absolute atomic E-state index is 0. The summed E-state index contributed by atoms with van der Waals surface area (Å²) >= 11 is 1.42. The largest absolute Gasteiger partial charge is 0.351 e. The first-order valence-electron chi connectivity index (χ1n) is 8.71. The number of carbonyl (C=O) groups excluding carboxylic acids is 2. The first kappa shape index (κ1) is 21.0. The molecule has 2 aliphatic heterocycles. The Balaban J connectivity index is 0.00000243. The van der Waals surface area contributed by atoms with Gasteiger partial charge in [-0.2, -0.15) is 0 Å². The number of halogens is 2. The van der Waals surface area contributed by atoms with Crippen molar-refractivity contribution < 1.29 is 14.0 Å². The predicted molar refractivity (Wildman–Crippen MR) is 104 cm³/mol. The van der Waals surface area contributed by atoms with Crippen molar-refractivity contribution >= 4 is 36.0 Å². The van der Waals surface area contributed by atoms with Crippen molar-refractivity contribution in [2.45, 2.75) is 37.1 Å². The molecule has 0 aliphatic carbocycles. The number of rotatable bonds is 4. The molecule has 2 heterocycles. The molecule has 8 heteroatoms. The number of piperidine rings is 1. The third-order valence-corrected chi connectivity index (χ3v) is 6.17. The lowest BCUT2D eigenvalue weighted by atomic mass is 9.95. The number of amides is 2. The Morgan fingerprint density at radius 2 is 2.15 bits per heavy atom. The second kappa shape index (κ2) is 9.58. The number of hydrogen-bond acceptors (Lipinski definition) is 4. The first-order valence-corrected chi connectivity index (χ1v) is 9.76. The van der Waals surface area contributed by atoms with Crippen molar-refractivity contribution in [2.24, 2.45) is 5.92 Å². The fraction of sp³-hybridized carbons (Fsp3) is 0.556. The topological polar surface area (TPSA) is 70.2 Å². The minimum Gasteiger partial charge on any atom is -0.351 e. The molecule has 2 fully saturated rings. The van der Waals surface area contributed by atoms with Gasteiger partial charge in [0.05, 0.1) is 5.25 Å². The Hall–Kier alpha value is -1.31. The van der Waals surface area contributed by atoms with Crippen LogP contribution in [-0.4, -0.2) is 48.0 Å². The van der Waals surface area contributed by atoms with E-state index < -0.39 is 6.04 Å². The van der Waals surface area contributed by atoms with E-state index in [1.54, 1.807) is 18.2 Å². The Kier molecular flexibility index (Phi) is 7.73. The summed E-state index contributed by atoms with van der Waals surface area (Å²) in [6, 6.07) is 6.12. The Labute approximate surface area is 163 Å². The van der Waals surface area contributed by atoms with Gasteiger partial charge in [-0.3, -0.25) is 9.59 Å². The van der Waals surface area contributed by atoms with Crippen LogP contribution in [0.4, 0.5) is 4.39 Å². The zero-order valence-electron chi connectivity index (χ0n) is 14.7. The lowest BCUT2D eigenvalue weighted by Gasteiger charge is -2.33. The highest BCUT2D eigenvalue weighted by molar-refractivity contribution is 8.00. The van der Waals surface area contributed by atoms with Crippen molar-refractivity contribution in [1.29, 1.82) is 0 Å². The van der Waals surface area contributed by atoms with Crippen molar-refractivity contribution in [1.82, 2.24) is 16.0 Å². The van der Waals surface area contributed by atoms with Gasteiger partial charge in [0.15, 0.2) is 0 Å². The first-order chi connectivity index (χ1) is 12.0. The summed E-state index contributed by atoms with van der Waals surface area (Å²) in [6.45, 7) is 3.89. The summed E-state index contributed by atoms with van der Waals surface area (Å²) in [6.07, 6.45) is 1.24. The van der Waals surface area contributed by atoms with Crippen LogP contribution in [0.3, 0.4) is 0 Å². The van der Waals surface area contributed by atoms with Gasteiger partial charge in [-0.1, -0.05) is 25.1 Å². The molecule has 1 aromatic carbocycles. The van der Waals surface area contributed by atoms with Gasteiger partial charge in [0, 0.05) is 11.8 Å². The van der Waals surface area contributed by atoms with Crippen LogP contribution in [-0.2, 0) is 16.0 Å². The fourth-order valence-electron chi connectivity index (χ4n) is 3.26. The van der Waals surface area contributed by atoms with Crippen molar-refractivity contribution in [3.63, 3.8) is 0 Å². The average Bonchev–Trinajstić information content (AvgIpc) is 2.60. The maximum atomic E-state index is 13.8. The highest BCUT2D eigenvalue weighted by Crippen LogP contribution is 2.23. The molecule has 4 atom stereocenters. The van der Waals surface area contributed by atoms with Gasteiger partial charge in [-0.25, -0.2) is 4.39 Å². The van der Waals surface area contributed by atoms with E-state index in [2.05, 4.69) is 22.9 Å². The third-order valence-electron chi connectivity index (χ3n) is 4.87. The molecule has 0 saturated carbocycles. The van der Waals surface area contributed by atoms with Gasteiger partial charge < -0.3 is 16.0 Å². The maximum absolute atomic E-state index is 13.8. The molecule has 144 valence electrons. The quantitative estimate of drug-likeness (QED) is 0.715. The average molecular weight is 402 g/mol. The zero-order valence-corrected chi connectivity index (χ0v) is 16.3. The molecule has 2 aliphatic rings. The highest BCUT2D eigenvalue weighted by Gasteiger charge is 2.34. The summed E-state index contributed by atoms with van der Waals surface area (Å²) < 4.78 is 13.8. The van der Waals surface area contributed by atoms with E-state index in [0.717, 1.165) is 19.5 Å². The van der Waals surface area contributed by atoms with E-state index >= 15 is 0 Å². The van der Waals surface area contributed by atoms with E-state index in [1.165, 1.54) is 17.8 Å². The molecule has 3 rings (SSSR count). The van der Waals surface area contributed by atoms with Crippen molar-refractivity contribution in [3.8, 4) is 0 Å². The van der Waals surface area contributed by atoms with Crippen LogP contribution in [0, 0.1) is 11.7 Å². The monoisotopic (exact) mass is 401 g/mol. The maximum Gasteiger partial charge on any atom is 0.243 e. The van der Waals surface area contributed by atoms with Gasteiger partial charge >= 0.3 is 0 Å². The molecule has 2 amide bonds. The van der Waals surface area contributed by atoms with E-state index in [0.29, 0.717) is 23.7 Å². The lowest BCUT2D eigenvalue weighted by Crippen LogP contribution is -2.58. The summed E-state index contributed by atoms with van der Waals surface area (Å²) in [4.78, 5) is 24.8. The number of hydrogen-bond donors (Lipinski definition) is 3. The number of benzene rings is 1. The normalized spacial score (nSPS) is 28.6. The molecular formula is C18H25ClFN3O2S. The zero-order chi connectivity index (χ0) is 17.8. The van der Waals surface area contributed by atoms with Crippen LogP contribution in [0.2, 0.25) is 0 Å². The highest BCUT2D eigenvalue weighted by atomic mass is 35.5. The second-order valence-corrected chi connectivity index (χ2v) is 8.00. The SMILES string of the molecule is CC1CNCCC1NC(=O)C1CSC(Cc2ccccc2F)C(=O)N1.Cl. The Morgan fingerprint density at radius 3 is 2.85 bits per heavy atom. The van der Waals surface area contributed by atoms with Crippen LogP contribution in [0.15, 0.2) is 24.3 Å². The minimum atomic E-state index is -0.517. The number of carbonyl (C=O) groups is 2. The fourth-order valence-corrected chi connectivity index (χ4v) is 4.44. The molecular weight excluding hydrogens is 377 g/mol. The Morgan fingerprint density at radius 1 is 1.38 bits per heavy atom. The number of nitrogens with one attached hydrogen (secondary N) is 3. The van der Waals surface area contributed by atoms with Gasteiger partial charge in [0.1, 0.15) is 11.9 Å². The standard InChI is InChI=1S/C18H24FN3O2S.ClH/c1-11-9-20-7-6-14(11)21-17(23)15-10-25-16(18(24)22-15)8-12-4-2-3-5-13(12)19;/h2-5,11,14-16,20H,6-10H2,1H3,(H,21,23)(H,22,24);1H. The summed E-state index contributed by atoms with van der Waals surface area (Å²) in [5.41, 5.74) is 0.529. The predicted octanol–water partition coefficient (Wildman–Crippen LogP) is 1.50. The van der Waals surface area contributed by atoms with Crippen LogP contribution >= 0.6 is 24.2 Å². The van der Waals surface area contributed by atoms with Gasteiger partial charge in [0.2, 0.25) is 11.8 Å². The molecule has 0 bridgehead atoms. The van der Waals surface area contributed by atoms with E-state index in [-0.39, 0.29) is 41.3 Å².